The van der Waals surface area contributed by atoms with Gasteiger partial charge < -0.3 is 19.7 Å². The molecular formula is C19H20N2O7. The van der Waals surface area contributed by atoms with E-state index in [-0.39, 0.29) is 18.6 Å². The van der Waals surface area contributed by atoms with Crippen LogP contribution in [0.1, 0.15) is 34.1 Å². The number of aliphatic hydroxyl groups is 2. The van der Waals surface area contributed by atoms with Crippen molar-refractivity contribution in [1.82, 2.24) is 9.55 Å². The number of aromatic amines is 1. The van der Waals surface area contributed by atoms with Gasteiger partial charge in [0.2, 0.25) is 0 Å². The number of rotatable bonds is 5. The third-order valence-electron chi connectivity index (χ3n) is 4.48. The van der Waals surface area contributed by atoms with Crippen molar-refractivity contribution >= 4 is 18.1 Å². The number of methoxy groups -OCH3 is 1. The van der Waals surface area contributed by atoms with Gasteiger partial charge in [-0.15, -0.1) is 0 Å². The van der Waals surface area contributed by atoms with E-state index >= 15 is 0 Å². The molecule has 0 spiro atoms. The summed E-state index contributed by atoms with van der Waals surface area (Å²) in [5, 5.41) is 19.0. The molecule has 1 saturated heterocycles. The van der Waals surface area contributed by atoms with Crippen LogP contribution in [-0.2, 0) is 9.47 Å². The van der Waals surface area contributed by atoms with Gasteiger partial charge >= 0.3 is 11.7 Å². The molecule has 148 valence electrons. The molecule has 3 atom stereocenters. The van der Waals surface area contributed by atoms with E-state index in [4.69, 9.17) is 4.74 Å². The van der Waals surface area contributed by atoms with Crippen LogP contribution >= 0.6 is 0 Å². The van der Waals surface area contributed by atoms with Crippen molar-refractivity contribution in [3.8, 4) is 0 Å². The highest BCUT2D eigenvalue weighted by atomic mass is 16.5. The standard InChI is InChI=1S/C19H20N2O7/c1-27-18(25)12-5-2-11(3-6-12)4-7-13-9-21(19(26)20-17(13)24)16-8-14(23)15(10-22)28-16/h2-7,9,14-16,22-23H,8,10H2,1H3,(H,20,24,26)/b7-4+/t14-,15+,16+/m0/s1. The van der Waals surface area contributed by atoms with E-state index in [0.717, 1.165) is 5.56 Å². The van der Waals surface area contributed by atoms with Gasteiger partial charge in [0.05, 0.1) is 30.9 Å². The number of nitrogens with one attached hydrogen (secondary N) is 1. The Hall–Kier alpha value is -3.01. The Morgan fingerprint density at radius 1 is 1.32 bits per heavy atom. The number of hydrogen-bond donors (Lipinski definition) is 3. The van der Waals surface area contributed by atoms with Crippen molar-refractivity contribution in [2.75, 3.05) is 13.7 Å². The smallest absolute Gasteiger partial charge is 0.337 e. The largest absolute Gasteiger partial charge is 0.465 e. The molecule has 0 bridgehead atoms. The third kappa shape index (κ3) is 4.11. The Morgan fingerprint density at radius 3 is 2.64 bits per heavy atom. The van der Waals surface area contributed by atoms with Crippen LogP contribution in [0.15, 0.2) is 40.1 Å². The topological polar surface area (TPSA) is 131 Å². The fourth-order valence-corrected chi connectivity index (χ4v) is 2.92. The summed E-state index contributed by atoms with van der Waals surface area (Å²) in [5.74, 6) is -0.445. The van der Waals surface area contributed by atoms with Crippen LogP contribution in [-0.4, -0.2) is 51.7 Å². The Labute approximate surface area is 159 Å². The summed E-state index contributed by atoms with van der Waals surface area (Å²) in [6.07, 6.45) is 2.17. The second-order valence-electron chi connectivity index (χ2n) is 6.31. The van der Waals surface area contributed by atoms with Gasteiger partial charge in [0, 0.05) is 12.6 Å². The van der Waals surface area contributed by atoms with E-state index in [1.165, 1.54) is 23.9 Å². The minimum absolute atomic E-state index is 0.120. The highest BCUT2D eigenvalue weighted by Gasteiger charge is 2.35. The second-order valence-corrected chi connectivity index (χ2v) is 6.31. The van der Waals surface area contributed by atoms with Crippen molar-refractivity contribution in [3.63, 3.8) is 0 Å². The number of hydrogen-bond acceptors (Lipinski definition) is 7. The molecule has 0 unspecified atom stereocenters. The Kier molecular flexibility index (Phi) is 5.88. The van der Waals surface area contributed by atoms with E-state index < -0.39 is 35.7 Å². The molecule has 0 saturated carbocycles. The summed E-state index contributed by atoms with van der Waals surface area (Å²) >= 11 is 0. The van der Waals surface area contributed by atoms with Crippen molar-refractivity contribution in [2.24, 2.45) is 0 Å². The minimum atomic E-state index is -0.902. The molecule has 28 heavy (non-hydrogen) atoms. The molecule has 3 N–H and O–H groups in total. The zero-order valence-corrected chi connectivity index (χ0v) is 15.1. The molecule has 1 aromatic heterocycles. The summed E-state index contributed by atoms with van der Waals surface area (Å²) in [5.41, 5.74) is 0.114. The highest BCUT2D eigenvalue weighted by Crippen LogP contribution is 2.27. The lowest BCUT2D eigenvalue weighted by Crippen LogP contribution is -2.33. The van der Waals surface area contributed by atoms with E-state index in [1.807, 2.05) is 0 Å². The number of carbonyl (C=O) groups excluding carboxylic acids is 1. The number of carbonyl (C=O) groups is 1. The second kappa shape index (κ2) is 8.34. The molecule has 1 aliphatic rings. The first-order chi connectivity index (χ1) is 13.4. The lowest BCUT2D eigenvalue weighted by Gasteiger charge is -2.14. The van der Waals surface area contributed by atoms with Crippen LogP contribution in [0.3, 0.4) is 0 Å². The van der Waals surface area contributed by atoms with Crippen molar-refractivity contribution in [1.29, 1.82) is 0 Å². The number of ether oxygens (including phenoxy) is 2. The quantitative estimate of drug-likeness (QED) is 0.621. The molecule has 1 fully saturated rings. The highest BCUT2D eigenvalue weighted by molar-refractivity contribution is 5.89. The number of benzene rings is 1. The predicted octanol–water partition coefficient (Wildman–Crippen LogP) is 0.134. The van der Waals surface area contributed by atoms with Crippen LogP contribution < -0.4 is 11.2 Å². The Bertz CT molecular complexity index is 991. The lowest BCUT2D eigenvalue weighted by atomic mass is 10.1. The first-order valence-corrected chi connectivity index (χ1v) is 8.59. The van der Waals surface area contributed by atoms with E-state index in [2.05, 4.69) is 9.72 Å². The van der Waals surface area contributed by atoms with Crippen LogP contribution in [0.4, 0.5) is 0 Å². The first-order valence-electron chi connectivity index (χ1n) is 8.59. The van der Waals surface area contributed by atoms with Gasteiger partial charge in [0.25, 0.3) is 5.56 Å². The van der Waals surface area contributed by atoms with E-state index in [9.17, 15) is 24.6 Å². The summed E-state index contributed by atoms with van der Waals surface area (Å²) in [6, 6.07) is 6.57. The summed E-state index contributed by atoms with van der Waals surface area (Å²) in [7, 11) is 1.30. The molecule has 2 heterocycles. The number of nitrogens with zero attached hydrogens (tertiary/aromatic N) is 1. The maximum absolute atomic E-state index is 12.1. The first kappa shape index (κ1) is 19.7. The van der Waals surface area contributed by atoms with Gasteiger partial charge in [-0.1, -0.05) is 18.2 Å². The van der Waals surface area contributed by atoms with E-state index in [0.29, 0.717) is 5.56 Å². The average Bonchev–Trinajstić information content (AvgIpc) is 3.07. The number of aliphatic hydroxyl groups excluding tert-OH is 2. The Balaban J connectivity index is 1.84. The van der Waals surface area contributed by atoms with Gasteiger partial charge in [-0.05, 0) is 23.8 Å². The lowest BCUT2D eigenvalue weighted by molar-refractivity contribution is -0.0459. The molecule has 3 rings (SSSR count). The zero-order valence-electron chi connectivity index (χ0n) is 15.1. The maximum Gasteiger partial charge on any atom is 0.337 e. The summed E-state index contributed by atoms with van der Waals surface area (Å²) in [6.45, 7) is -0.371. The van der Waals surface area contributed by atoms with Gasteiger partial charge in [-0.2, -0.15) is 0 Å². The average molecular weight is 388 g/mol. The van der Waals surface area contributed by atoms with Crippen LogP contribution in [0.25, 0.3) is 12.2 Å². The molecule has 1 aliphatic heterocycles. The van der Waals surface area contributed by atoms with Gasteiger partial charge in [-0.3, -0.25) is 14.3 Å². The van der Waals surface area contributed by atoms with Crippen molar-refractivity contribution < 1.29 is 24.5 Å². The van der Waals surface area contributed by atoms with Crippen LogP contribution in [0.5, 0.6) is 0 Å². The third-order valence-corrected chi connectivity index (χ3v) is 4.48. The maximum atomic E-state index is 12.1. The van der Waals surface area contributed by atoms with E-state index in [1.54, 1.807) is 30.3 Å². The molecule has 0 aliphatic carbocycles. The molecule has 9 heteroatoms. The van der Waals surface area contributed by atoms with Gasteiger partial charge in [0.1, 0.15) is 12.3 Å². The van der Waals surface area contributed by atoms with Crippen molar-refractivity contribution in [3.05, 3.63) is 68.0 Å². The number of esters is 1. The number of H-pyrrole nitrogens is 1. The fourth-order valence-electron chi connectivity index (χ4n) is 2.92. The summed E-state index contributed by atoms with van der Waals surface area (Å²) in [4.78, 5) is 37.8. The molecule has 1 aromatic carbocycles. The normalized spacial score (nSPS) is 21.9. The SMILES string of the molecule is COC(=O)c1ccc(/C=C/c2cn([C@H]3C[C@H](O)[C@@H](CO)O3)c(=O)[nH]c2=O)cc1. The Morgan fingerprint density at radius 2 is 2.04 bits per heavy atom. The minimum Gasteiger partial charge on any atom is -0.465 e. The molecular weight excluding hydrogens is 368 g/mol. The van der Waals surface area contributed by atoms with Crippen molar-refractivity contribution in [2.45, 2.75) is 24.9 Å². The van der Waals surface area contributed by atoms with Gasteiger partial charge in [-0.25, -0.2) is 9.59 Å². The van der Waals surface area contributed by atoms with Gasteiger partial charge in [0.15, 0.2) is 0 Å². The monoisotopic (exact) mass is 388 g/mol. The molecule has 9 nitrogen and oxygen atoms in total. The molecule has 0 amide bonds. The fraction of sp³-hybridized carbons (Fsp3) is 0.316. The molecule has 0 radical (unpaired) electrons. The van der Waals surface area contributed by atoms with Crippen LogP contribution in [0, 0.1) is 0 Å². The molecule has 2 aromatic rings. The predicted molar refractivity (Wildman–Crippen MR) is 99.7 cm³/mol. The summed E-state index contributed by atoms with van der Waals surface area (Å²) < 4.78 is 11.3. The number of aromatic nitrogens is 2. The van der Waals surface area contributed by atoms with Crippen LogP contribution in [0.2, 0.25) is 0 Å². The zero-order chi connectivity index (χ0) is 20.3.